The summed E-state index contributed by atoms with van der Waals surface area (Å²) in [5.41, 5.74) is 1.05. The highest BCUT2D eigenvalue weighted by atomic mass is 35.5. The van der Waals surface area contributed by atoms with Crippen molar-refractivity contribution >= 4 is 17.7 Å². The lowest BCUT2D eigenvalue weighted by Gasteiger charge is -2.13. The summed E-state index contributed by atoms with van der Waals surface area (Å²) in [6.45, 7) is 3.97. The van der Waals surface area contributed by atoms with Crippen LogP contribution in [-0.4, -0.2) is 19.1 Å². The van der Waals surface area contributed by atoms with E-state index in [4.69, 9.17) is 21.1 Å². The standard InChI is InChI=1S/C13H17ClO2/c1-10(2)16-12-7-6-11(5-4-8-14)9-13(12)15-3/h4-7,9-10H,8H2,1-3H3. The molecule has 1 rings (SSSR count). The fourth-order valence-corrected chi connectivity index (χ4v) is 1.41. The lowest BCUT2D eigenvalue weighted by atomic mass is 10.2. The Morgan fingerprint density at radius 1 is 1.31 bits per heavy atom. The van der Waals surface area contributed by atoms with E-state index in [1.807, 2.05) is 44.2 Å². The molecule has 0 saturated carbocycles. The molecule has 0 N–H and O–H groups in total. The predicted molar refractivity (Wildman–Crippen MR) is 68.5 cm³/mol. The lowest BCUT2D eigenvalue weighted by molar-refractivity contribution is 0.230. The number of allylic oxidation sites excluding steroid dienone is 1. The van der Waals surface area contributed by atoms with Crippen molar-refractivity contribution in [3.8, 4) is 11.5 Å². The van der Waals surface area contributed by atoms with Gasteiger partial charge in [-0.1, -0.05) is 18.2 Å². The number of methoxy groups -OCH3 is 1. The third kappa shape index (κ3) is 3.78. The molecule has 0 saturated heterocycles. The minimum absolute atomic E-state index is 0.137. The van der Waals surface area contributed by atoms with E-state index < -0.39 is 0 Å². The van der Waals surface area contributed by atoms with Gasteiger partial charge in [0.25, 0.3) is 0 Å². The predicted octanol–water partition coefficient (Wildman–Crippen LogP) is 3.73. The molecule has 0 amide bonds. The number of halogens is 1. The highest BCUT2D eigenvalue weighted by Gasteiger charge is 2.06. The maximum Gasteiger partial charge on any atom is 0.161 e. The topological polar surface area (TPSA) is 18.5 Å². The molecule has 88 valence electrons. The molecule has 0 fully saturated rings. The van der Waals surface area contributed by atoms with Crippen LogP contribution in [0.15, 0.2) is 24.3 Å². The van der Waals surface area contributed by atoms with E-state index in [0.717, 1.165) is 17.1 Å². The fraction of sp³-hybridized carbons (Fsp3) is 0.385. The molecule has 2 nitrogen and oxygen atoms in total. The summed E-state index contributed by atoms with van der Waals surface area (Å²) in [6.07, 6.45) is 3.98. The third-order valence-corrected chi connectivity index (χ3v) is 2.13. The molecule has 0 aliphatic carbocycles. The van der Waals surface area contributed by atoms with Crippen LogP contribution in [0.5, 0.6) is 11.5 Å². The van der Waals surface area contributed by atoms with Crippen LogP contribution >= 0.6 is 11.6 Å². The van der Waals surface area contributed by atoms with Crippen LogP contribution in [0.25, 0.3) is 6.08 Å². The number of hydrogen-bond donors (Lipinski definition) is 0. The van der Waals surface area contributed by atoms with Gasteiger partial charge < -0.3 is 9.47 Å². The van der Waals surface area contributed by atoms with Crippen molar-refractivity contribution in [2.24, 2.45) is 0 Å². The van der Waals surface area contributed by atoms with Gasteiger partial charge in [0, 0.05) is 5.88 Å². The molecular formula is C13H17ClO2. The van der Waals surface area contributed by atoms with Crippen LogP contribution in [0.4, 0.5) is 0 Å². The van der Waals surface area contributed by atoms with E-state index in [0.29, 0.717) is 5.88 Å². The SMILES string of the molecule is COc1cc(C=CCCl)ccc1OC(C)C. The second-order valence-electron chi connectivity index (χ2n) is 3.63. The number of benzene rings is 1. The van der Waals surface area contributed by atoms with Gasteiger partial charge in [-0.25, -0.2) is 0 Å². The van der Waals surface area contributed by atoms with Crippen LogP contribution in [0.2, 0.25) is 0 Å². The maximum absolute atomic E-state index is 5.62. The number of rotatable bonds is 5. The van der Waals surface area contributed by atoms with Crippen molar-refractivity contribution in [2.75, 3.05) is 13.0 Å². The minimum atomic E-state index is 0.137. The molecule has 0 heterocycles. The quantitative estimate of drug-likeness (QED) is 0.730. The Hall–Kier alpha value is -1.15. The van der Waals surface area contributed by atoms with Crippen LogP contribution in [0.1, 0.15) is 19.4 Å². The Morgan fingerprint density at radius 2 is 2.06 bits per heavy atom. The number of alkyl halides is 1. The van der Waals surface area contributed by atoms with Gasteiger partial charge in [0.15, 0.2) is 11.5 Å². The van der Waals surface area contributed by atoms with E-state index in [1.54, 1.807) is 7.11 Å². The summed E-state index contributed by atoms with van der Waals surface area (Å²) >= 11 is 5.58. The van der Waals surface area contributed by atoms with Gasteiger partial charge in [-0.05, 0) is 31.5 Å². The van der Waals surface area contributed by atoms with Crippen LogP contribution < -0.4 is 9.47 Å². The van der Waals surface area contributed by atoms with Gasteiger partial charge in [-0.15, -0.1) is 11.6 Å². The third-order valence-electron chi connectivity index (χ3n) is 1.95. The van der Waals surface area contributed by atoms with E-state index in [1.165, 1.54) is 0 Å². The summed E-state index contributed by atoms with van der Waals surface area (Å²) in [7, 11) is 1.64. The van der Waals surface area contributed by atoms with Gasteiger partial charge in [0.05, 0.1) is 13.2 Å². The average molecular weight is 241 g/mol. The van der Waals surface area contributed by atoms with Crippen LogP contribution in [0, 0.1) is 0 Å². The van der Waals surface area contributed by atoms with E-state index >= 15 is 0 Å². The summed E-state index contributed by atoms with van der Waals surface area (Å²) < 4.78 is 10.9. The molecule has 0 unspecified atom stereocenters. The van der Waals surface area contributed by atoms with E-state index in [9.17, 15) is 0 Å². The van der Waals surface area contributed by atoms with Crippen molar-refractivity contribution in [3.63, 3.8) is 0 Å². The molecule has 0 aromatic heterocycles. The first-order valence-corrected chi connectivity index (χ1v) is 5.78. The van der Waals surface area contributed by atoms with Crippen molar-refractivity contribution in [3.05, 3.63) is 29.8 Å². The number of ether oxygens (including phenoxy) is 2. The summed E-state index contributed by atoms with van der Waals surface area (Å²) in [4.78, 5) is 0. The van der Waals surface area contributed by atoms with E-state index in [-0.39, 0.29) is 6.10 Å². The highest BCUT2D eigenvalue weighted by Crippen LogP contribution is 2.29. The highest BCUT2D eigenvalue weighted by molar-refractivity contribution is 6.19. The minimum Gasteiger partial charge on any atom is -0.493 e. The Kier molecular flexibility index (Phi) is 5.20. The monoisotopic (exact) mass is 240 g/mol. The fourth-order valence-electron chi connectivity index (χ4n) is 1.32. The van der Waals surface area contributed by atoms with Gasteiger partial charge in [0.1, 0.15) is 0 Å². The summed E-state index contributed by atoms with van der Waals surface area (Å²) in [5, 5.41) is 0. The molecule has 16 heavy (non-hydrogen) atoms. The average Bonchev–Trinajstić information content (AvgIpc) is 2.27. The maximum atomic E-state index is 5.62. The van der Waals surface area contributed by atoms with Gasteiger partial charge in [-0.2, -0.15) is 0 Å². The Bertz CT molecular complexity index is 359. The first-order valence-electron chi connectivity index (χ1n) is 5.24. The Morgan fingerprint density at radius 3 is 2.62 bits per heavy atom. The molecule has 1 aromatic carbocycles. The Balaban J connectivity index is 2.92. The zero-order valence-corrected chi connectivity index (χ0v) is 10.6. The van der Waals surface area contributed by atoms with Crippen molar-refractivity contribution in [1.29, 1.82) is 0 Å². The van der Waals surface area contributed by atoms with Gasteiger partial charge >= 0.3 is 0 Å². The second kappa shape index (κ2) is 6.44. The normalized spacial score (nSPS) is 11.1. The molecule has 0 atom stereocenters. The first-order chi connectivity index (χ1) is 7.67. The van der Waals surface area contributed by atoms with Gasteiger partial charge in [-0.3, -0.25) is 0 Å². The van der Waals surface area contributed by atoms with Crippen LogP contribution in [0.3, 0.4) is 0 Å². The summed E-state index contributed by atoms with van der Waals surface area (Å²) in [6, 6.07) is 5.82. The van der Waals surface area contributed by atoms with Crippen molar-refractivity contribution in [1.82, 2.24) is 0 Å². The molecule has 0 aliphatic heterocycles. The first kappa shape index (κ1) is 12.9. The zero-order chi connectivity index (χ0) is 12.0. The molecular weight excluding hydrogens is 224 g/mol. The smallest absolute Gasteiger partial charge is 0.161 e. The van der Waals surface area contributed by atoms with E-state index in [2.05, 4.69) is 0 Å². The zero-order valence-electron chi connectivity index (χ0n) is 9.87. The van der Waals surface area contributed by atoms with Gasteiger partial charge in [0.2, 0.25) is 0 Å². The molecule has 1 aromatic rings. The molecule has 0 aliphatic rings. The molecule has 3 heteroatoms. The molecule has 0 spiro atoms. The lowest BCUT2D eigenvalue weighted by Crippen LogP contribution is -2.06. The largest absolute Gasteiger partial charge is 0.493 e. The van der Waals surface area contributed by atoms with Crippen molar-refractivity contribution < 1.29 is 9.47 Å². The van der Waals surface area contributed by atoms with Crippen molar-refractivity contribution in [2.45, 2.75) is 20.0 Å². The molecule has 0 radical (unpaired) electrons. The second-order valence-corrected chi connectivity index (χ2v) is 3.94. The number of hydrogen-bond acceptors (Lipinski definition) is 2. The molecule has 0 bridgehead atoms. The van der Waals surface area contributed by atoms with Crippen LogP contribution in [-0.2, 0) is 0 Å². The summed E-state index contributed by atoms with van der Waals surface area (Å²) in [5.74, 6) is 2.01. The Labute approximate surface area is 102 Å².